The standard InChI is InChI=1S/C32H37N3O5S/c1-19-4-9-28(40-17-24-8-5-21(13-20(24)2)30(36)34-11-10-25(16-34)39-3)26(12-19)27-18-41-32(33-27)35-14-22-6-7-23(15-35)29(22)31(37)38/h4-5,8-9,12-13,18,22-23,25,29H,6-7,10-11,14-17H2,1-3H3,(H,37,38)/t22-,23?,25-,29+/m1/s1. The highest BCUT2D eigenvalue weighted by Gasteiger charge is 2.46. The maximum absolute atomic E-state index is 13.0. The molecule has 3 heterocycles. The lowest BCUT2D eigenvalue weighted by Crippen LogP contribution is -2.44. The van der Waals surface area contributed by atoms with Crippen molar-refractivity contribution < 1.29 is 24.2 Å². The molecule has 2 saturated heterocycles. The van der Waals surface area contributed by atoms with Crippen molar-refractivity contribution in [3.05, 3.63) is 64.0 Å². The molecule has 1 unspecified atom stereocenters. The Bertz CT molecular complexity index is 1440. The number of aromatic nitrogens is 1. The van der Waals surface area contributed by atoms with Gasteiger partial charge in [0.05, 0.1) is 17.7 Å². The summed E-state index contributed by atoms with van der Waals surface area (Å²) in [6, 6.07) is 12.0. The van der Waals surface area contributed by atoms with E-state index in [9.17, 15) is 14.7 Å². The fourth-order valence-corrected chi connectivity index (χ4v) is 7.56. The number of likely N-dealkylation sites (tertiary alicyclic amines) is 1. The molecule has 3 aromatic rings. The van der Waals surface area contributed by atoms with E-state index in [1.165, 1.54) is 0 Å². The summed E-state index contributed by atoms with van der Waals surface area (Å²) in [5.41, 5.74) is 5.67. The van der Waals surface area contributed by atoms with Crippen LogP contribution < -0.4 is 9.64 Å². The molecule has 2 aromatic carbocycles. The van der Waals surface area contributed by atoms with E-state index in [2.05, 4.69) is 23.3 Å². The number of benzene rings is 2. The van der Waals surface area contributed by atoms with Gasteiger partial charge in [-0.25, -0.2) is 4.98 Å². The van der Waals surface area contributed by atoms with E-state index >= 15 is 0 Å². The molecule has 2 aliphatic heterocycles. The van der Waals surface area contributed by atoms with E-state index in [0.717, 1.165) is 77.7 Å². The molecule has 8 nitrogen and oxygen atoms in total. The number of carbonyl (C=O) groups is 2. The number of hydrogen-bond acceptors (Lipinski definition) is 7. The first-order valence-electron chi connectivity index (χ1n) is 14.4. The lowest BCUT2D eigenvalue weighted by molar-refractivity contribution is -0.144. The highest BCUT2D eigenvalue weighted by atomic mass is 32.1. The van der Waals surface area contributed by atoms with Crippen molar-refractivity contribution in [2.45, 2.75) is 45.8 Å². The molecule has 1 aromatic heterocycles. The third-order valence-electron chi connectivity index (χ3n) is 9.03. The average Bonchev–Trinajstić information content (AvgIpc) is 3.70. The second-order valence-corrected chi connectivity index (χ2v) is 12.5. The minimum atomic E-state index is -0.651. The Morgan fingerprint density at radius 2 is 1.83 bits per heavy atom. The number of ether oxygens (including phenoxy) is 2. The van der Waals surface area contributed by atoms with E-state index in [4.69, 9.17) is 14.5 Å². The number of carbonyl (C=O) groups excluding carboxylic acids is 1. The summed E-state index contributed by atoms with van der Waals surface area (Å²) in [4.78, 5) is 33.9. The van der Waals surface area contributed by atoms with Crippen molar-refractivity contribution in [3.63, 3.8) is 0 Å². The van der Waals surface area contributed by atoms with Gasteiger partial charge in [-0.2, -0.15) is 0 Å². The number of fused-ring (bicyclic) bond motifs is 2. The second-order valence-electron chi connectivity index (χ2n) is 11.7. The number of anilines is 1. The van der Waals surface area contributed by atoms with Crippen LogP contribution in [0.3, 0.4) is 0 Å². The highest BCUT2D eigenvalue weighted by Crippen LogP contribution is 2.44. The SMILES string of the molecule is CO[C@@H]1CCN(C(=O)c2ccc(COc3ccc(C)cc3-c3csc(N4CC5CC[C@H](C4)[C@@H]5C(=O)O)n3)c(C)c2)C1. The lowest BCUT2D eigenvalue weighted by Gasteiger charge is -2.35. The molecule has 1 amide bonds. The fraction of sp³-hybridized carbons (Fsp3) is 0.469. The van der Waals surface area contributed by atoms with Crippen LogP contribution in [0.2, 0.25) is 0 Å². The number of hydrogen-bond donors (Lipinski definition) is 1. The molecule has 1 N–H and O–H groups in total. The number of carboxylic acid groups (broad SMARTS) is 1. The van der Waals surface area contributed by atoms with Crippen molar-refractivity contribution in [1.82, 2.24) is 9.88 Å². The predicted octanol–water partition coefficient (Wildman–Crippen LogP) is 5.41. The molecule has 41 heavy (non-hydrogen) atoms. The van der Waals surface area contributed by atoms with Crippen molar-refractivity contribution >= 4 is 28.3 Å². The molecule has 2 bridgehead atoms. The Kier molecular flexibility index (Phi) is 7.74. The predicted molar refractivity (Wildman–Crippen MR) is 159 cm³/mol. The lowest BCUT2D eigenvalue weighted by atomic mass is 9.85. The van der Waals surface area contributed by atoms with Crippen LogP contribution in [0.15, 0.2) is 41.8 Å². The number of carboxylic acids is 1. The van der Waals surface area contributed by atoms with Gasteiger partial charge in [-0.05, 0) is 80.3 Å². The molecule has 3 aliphatic rings. The molecule has 3 fully saturated rings. The number of aliphatic carboxylic acids is 1. The molecule has 0 radical (unpaired) electrons. The average molecular weight is 576 g/mol. The fourth-order valence-electron chi connectivity index (χ4n) is 6.72. The molecule has 9 heteroatoms. The Morgan fingerprint density at radius 3 is 2.51 bits per heavy atom. The topological polar surface area (TPSA) is 92.2 Å². The Hall–Kier alpha value is -3.43. The van der Waals surface area contributed by atoms with Crippen molar-refractivity contribution in [3.8, 4) is 17.0 Å². The molecule has 6 rings (SSSR count). The molecular weight excluding hydrogens is 538 g/mol. The molecule has 0 spiro atoms. The maximum atomic E-state index is 13.0. The van der Waals surface area contributed by atoms with Crippen molar-refractivity contribution in [1.29, 1.82) is 0 Å². The van der Waals surface area contributed by atoms with Crippen molar-refractivity contribution in [2.75, 3.05) is 38.2 Å². The smallest absolute Gasteiger partial charge is 0.307 e. The van der Waals surface area contributed by atoms with Crippen LogP contribution in [0.5, 0.6) is 5.75 Å². The maximum Gasteiger partial charge on any atom is 0.307 e. The minimum absolute atomic E-state index is 0.0421. The van der Waals surface area contributed by atoms with Gasteiger partial charge in [0.25, 0.3) is 5.91 Å². The zero-order chi connectivity index (χ0) is 28.7. The molecule has 4 atom stereocenters. The van der Waals surface area contributed by atoms with Crippen LogP contribution >= 0.6 is 11.3 Å². The summed E-state index contributed by atoms with van der Waals surface area (Å²) in [6.07, 6.45) is 2.95. The first-order chi connectivity index (χ1) is 19.8. The summed E-state index contributed by atoms with van der Waals surface area (Å²) in [6.45, 7) is 7.31. The normalized spacial score (nSPS) is 23.7. The number of thiazole rings is 1. The van der Waals surface area contributed by atoms with Gasteiger partial charge in [-0.3, -0.25) is 9.59 Å². The molecular formula is C32H37N3O5S. The summed E-state index contributed by atoms with van der Waals surface area (Å²) in [7, 11) is 1.69. The van der Waals surface area contributed by atoms with Crippen LogP contribution in [0.4, 0.5) is 5.13 Å². The molecule has 216 valence electrons. The van der Waals surface area contributed by atoms with Gasteiger partial charge in [0, 0.05) is 49.8 Å². The Morgan fingerprint density at radius 1 is 1.05 bits per heavy atom. The van der Waals surface area contributed by atoms with E-state index in [1.807, 2.05) is 42.2 Å². The number of amides is 1. The molecule has 1 aliphatic carbocycles. The first kappa shape index (κ1) is 27.7. The van der Waals surface area contributed by atoms with Gasteiger partial charge in [0.1, 0.15) is 12.4 Å². The number of rotatable bonds is 8. The monoisotopic (exact) mass is 575 g/mol. The number of methoxy groups -OCH3 is 1. The van der Waals surface area contributed by atoms with Crippen LogP contribution in [0.25, 0.3) is 11.3 Å². The first-order valence-corrected chi connectivity index (χ1v) is 15.3. The van der Waals surface area contributed by atoms with E-state index in [1.54, 1.807) is 18.4 Å². The van der Waals surface area contributed by atoms with Crippen molar-refractivity contribution in [2.24, 2.45) is 17.8 Å². The second kappa shape index (κ2) is 11.4. The largest absolute Gasteiger partial charge is 0.488 e. The van der Waals surface area contributed by atoms with Crippen LogP contribution in [-0.2, 0) is 16.1 Å². The van der Waals surface area contributed by atoms with Crippen LogP contribution in [0.1, 0.15) is 46.3 Å². The van der Waals surface area contributed by atoms with Gasteiger partial charge >= 0.3 is 5.97 Å². The third kappa shape index (κ3) is 5.57. The Balaban J connectivity index is 1.15. The molecule has 1 saturated carbocycles. The van der Waals surface area contributed by atoms with Gasteiger partial charge in [-0.1, -0.05) is 17.7 Å². The number of aryl methyl sites for hydroxylation is 2. The minimum Gasteiger partial charge on any atom is -0.488 e. The summed E-state index contributed by atoms with van der Waals surface area (Å²) < 4.78 is 11.8. The van der Waals surface area contributed by atoms with Crippen LogP contribution in [0, 0.1) is 31.6 Å². The summed E-state index contributed by atoms with van der Waals surface area (Å²) >= 11 is 1.61. The van der Waals surface area contributed by atoms with E-state index in [-0.39, 0.29) is 29.8 Å². The van der Waals surface area contributed by atoms with Gasteiger partial charge < -0.3 is 24.4 Å². The van der Waals surface area contributed by atoms with Gasteiger partial charge in [0.15, 0.2) is 5.13 Å². The van der Waals surface area contributed by atoms with Crippen LogP contribution in [-0.4, -0.2) is 66.3 Å². The van der Waals surface area contributed by atoms with E-state index in [0.29, 0.717) is 18.7 Å². The number of piperidine rings is 1. The zero-order valence-electron chi connectivity index (χ0n) is 23.8. The Labute approximate surface area is 244 Å². The zero-order valence-corrected chi connectivity index (χ0v) is 24.7. The van der Waals surface area contributed by atoms with Gasteiger partial charge in [0.2, 0.25) is 0 Å². The summed E-state index contributed by atoms with van der Waals surface area (Å²) in [5, 5.41) is 12.7. The van der Waals surface area contributed by atoms with Gasteiger partial charge in [-0.15, -0.1) is 11.3 Å². The highest BCUT2D eigenvalue weighted by molar-refractivity contribution is 7.14. The third-order valence-corrected chi connectivity index (χ3v) is 9.93. The van der Waals surface area contributed by atoms with E-state index < -0.39 is 5.97 Å². The number of nitrogens with zero attached hydrogens (tertiary/aromatic N) is 3. The quantitative estimate of drug-likeness (QED) is 0.384. The summed E-state index contributed by atoms with van der Waals surface area (Å²) in [5.74, 6) is 0.320.